The maximum atomic E-state index is 12.3. The molecule has 0 saturated carbocycles. The molecule has 2 N–H and O–H groups in total. The average molecular weight is 255 g/mol. The molecule has 0 bridgehead atoms. The van der Waals surface area contributed by atoms with E-state index in [1.807, 2.05) is 6.07 Å². The van der Waals surface area contributed by atoms with Crippen LogP contribution in [0.3, 0.4) is 0 Å². The molecule has 0 fully saturated rings. The first-order chi connectivity index (χ1) is 9.04. The highest BCUT2D eigenvalue weighted by molar-refractivity contribution is 6.07. The fourth-order valence-electron chi connectivity index (χ4n) is 1.75. The molecular weight excluding hydrogens is 242 g/mol. The van der Waals surface area contributed by atoms with E-state index >= 15 is 0 Å². The Labute approximate surface area is 110 Å². The second-order valence-electron chi connectivity index (χ2n) is 4.09. The van der Waals surface area contributed by atoms with Crippen molar-refractivity contribution in [3.8, 4) is 6.07 Å². The zero-order valence-corrected chi connectivity index (χ0v) is 10.7. The summed E-state index contributed by atoms with van der Waals surface area (Å²) in [6.45, 7) is 0. The lowest BCUT2D eigenvalue weighted by Gasteiger charge is -2.17. The first kappa shape index (κ1) is 12.6. The van der Waals surface area contributed by atoms with Gasteiger partial charge >= 0.3 is 0 Å². The van der Waals surface area contributed by atoms with Gasteiger partial charge in [-0.15, -0.1) is 0 Å². The molecule has 2 rings (SSSR count). The molecule has 0 unspecified atom stereocenters. The van der Waals surface area contributed by atoms with Crippen LogP contribution in [0.15, 0.2) is 30.5 Å². The summed E-state index contributed by atoms with van der Waals surface area (Å²) in [5.74, 6) is -0.248. The molecule has 19 heavy (non-hydrogen) atoms. The fraction of sp³-hybridized carbons (Fsp3) is 0.154. The molecule has 1 amide bonds. The van der Waals surface area contributed by atoms with E-state index in [9.17, 15) is 4.79 Å². The molecule has 6 nitrogen and oxygen atoms in total. The van der Waals surface area contributed by atoms with Crippen molar-refractivity contribution >= 4 is 17.3 Å². The minimum atomic E-state index is -0.248. The van der Waals surface area contributed by atoms with Crippen molar-refractivity contribution in [1.82, 2.24) is 9.78 Å². The number of nitrogen functional groups attached to an aromatic ring is 1. The van der Waals surface area contributed by atoms with Crippen molar-refractivity contribution < 1.29 is 4.79 Å². The van der Waals surface area contributed by atoms with Gasteiger partial charge in [0.1, 0.15) is 5.69 Å². The lowest BCUT2D eigenvalue weighted by atomic mass is 10.2. The van der Waals surface area contributed by atoms with E-state index < -0.39 is 0 Å². The van der Waals surface area contributed by atoms with E-state index in [0.717, 1.165) is 0 Å². The largest absolute Gasteiger partial charge is 0.396 e. The van der Waals surface area contributed by atoms with Crippen LogP contribution < -0.4 is 10.6 Å². The zero-order chi connectivity index (χ0) is 14.0. The Morgan fingerprint density at radius 2 is 2.05 bits per heavy atom. The number of hydrogen-bond donors (Lipinski definition) is 1. The number of carbonyl (C=O) groups excluding carboxylic acids is 1. The van der Waals surface area contributed by atoms with Crippen LogP contribution >= 0.6 is 0 Å². The topological polar surface area (TPSA) is 87.9 Å². The minimum absolute atomic E-state index is 0.248. The minimum Gasteiger partial charge on any atom is -0.396 e. The molecule has 0 aliphatic heterocycles. The van der Waals surface area contributed by atoms with E-state index in [1.54, 1.807) is 38.4 Å². The number of aryl methyl sites for hydroxylation is 1. The average Bonchev–Trinajstić information content (AvgIpc) is 2.77. The van der Waals surface area contributed by atoms with Crippen LogP contribution in [0.5, 0.6) is 0 Å². The molecule has 2 aromatic rings. The first-order valence-corrected chi connectivity index (χ1v) is 5.60. The number of nitrogens with two attached hydrogens (primary N) is 1. The summed E-state index contributed by atoms with van der Waals surface area (Å²) in [6, 6.07) is 8.77. The van der Waals surface area contributed by atoms with Gasteiger partial charge in [0, 0.05) is 19.8 Å². The van der Waals surface area contributed by atoms with E-state index in [1.165, 1.54) is 15.8 Å². The van der Waals surface area contributed by atoms with Gasteiger partial charge in [-0.1, -0.05) is 0 Å². The van der Waals surface area contributed by atoms with Crippen LogP contribution in [0.2, 0.25) is 0 Å². The number of hydrogen-bond acceptors (Lipinski definition) is 4. The quantitative estimate of drug-likeness (QED) is 0.871. The molecule has 0 spiro atoms. The monoisotopic (exact) mass is 255 g/mol. The van der Waals surface area contributed by atoms with Gasteiger partial charge in [0.05, 0.1) is 23.5 Å². The standard InChI is InChI=1S/C13H13N5O/c1-17(10-5-3-9(7-14)4-6-10)13(19)12-11(15)8-16-18(12)2/h3-6,8H,15H2,1-2H3. The van der Waals surface area contributed by atoms with Crippen molar-refractivity contribution in [2.45, 2.75) is 0 Å². The predicted molar refractivity (Wildman–Crippen MR) is 71.5 cm³/mol. The maximum absolute atomic E-state index is 12.3. The summed E-state index contributed by atoms with van der Waals surface area (Å²) in [4.78, 5) is 13.8. The third-order valence-corrected chi connectivity index (χ3v) is 2.86. The van der Waals surface area contributed by atoms with Gasteiger partial charge in [-0.3, -0.25) is 9.48 Å². The Bertz CT molecular complexity index is 631. The van der Waals surface area contributed by atoms with Crippen molar-refractivity contribution in [2.75, 3.05) is 17.7 Å². The molecule has 0 radical (unpaired) electrons. The van der Waals surface area contributed by atoms with Gasteiger partial charge in [-0.2, -0.15) is 10.4 Å². The zero-order valence-electron chi connectivity index (χ0n) is 10.7. The number of nitrogens with zero attached hydrogens (tertiary/aromatic N) is 4. The Morgan fingerprint density at radius 1 is 1.42 bits per heavy atom. The number of amides is 1. The van der Waals surface area contributed by atoms with Gasteiger partial charge in [-0.05, 0) is 24.3 Å². The second kappa shape index (κ2) is 4.82. The number of benzene rings is 1. The summed E-state index contributed by atoms with van der Waals surface area (Å²) in [6.07, 6.45) is 1.44. The summed E-state index contributed by atoms with van der Waals surface area (Å²) in [5, 5.41) is 12.7. The van der Waals surface area contributed by atoms with Crippen LogP contribution in [0.25, 0.3) is 0 Å². The van der Waals surface area contributed by atoms with Crippen molar-refractivity contribution in [3.05, 3.63) is 41.7 Å². The molecule has 1 aromatic carbocycles. The van der Waals surface area contributed by atoms with Crippen LogP contribution in [-0.2, 0) is 7.05 Å². The highest BCUT2D eigenvalue weighted by Gasteiger charge is 2.20. The molecule has 0 aliphatic rings. The van der Waals surface area contributed by atoms with Gasteiger partial charge in [-0.25, -0.2) is 0 Å². The van der Waals surface area contributed by atoms with Crippen LogP contribution in [0, 0.1) is 11.3 Å². The fourth-order valence-corrected chi connectivity index (χ4v) is 1.75. The summed E-state index contributed by atoms with van der Waals surface area (Å²) < 4.78 is 1.44. The Kier molecular flexibility index (Phi) is 3.21. The predicted octanol–water partition coefficient (Wildman–Crippen LogP) is 1.15. The number of anilines is 2. The van der Waals surface area contributed by atoms with Crippen LogP contribution in [0.1, 0.15) is 16.1 Å². The van der Waals surface area contributed by atoms with Gasteiger partial charge in [0.15, 0.2) is 0 Å². The molecule has 0 atom stereocenters. The highest BCUT2D eigenvalue weighted by atomic mass is 16.2. The summed E-state index contributed by atoms with van der Waals surface area (Å²) >= 11 is 0. The Hall–Kier alpha value is -2.81. The lowest BCUT2D eigenvalue weighted by molar-refractivity contribution is 0.0985. The van der Waals surface area contributed by atoms with Gasteiger partial charge in [0.2, 0.25) is 0 Å². The third kappa shape index (κ3) is 2.26. The molecular formula is C13H13N5O. The Morgan fingerprint density at radius 3 is 2.53 bits per heavy atom. The molecule has 1 heterocycles. The number of nitriles is 1. The van der Waals surface area contributed by atoms with E-state index in [0.29, 0.717) is 22.6 Å². The van der Waals surface area contributed by atoms with Gasteiger partial charge < -0.3 is 10.6 Å². The molecule has 0 aliphatic carbocycles. The second-order valence-corrected chi connectivity index (χ2v) is 4.09. The van der Waals surface area contributed by atoms with E-state index in [-0.39, 0.29) is 5.91 Å². The van der Waals surface area contributed by atoms with Crippen LogP contribution in [-0.4, -0.2) is 22.7 Å². The smallest absolute Gasteiger partial charge is 0.278 e. The lowest BCUT2D eigenvalue weighted by Crippen LogP contribution is -2.28. The van der Waals surface area contributed by atoms with Crippen LogP contribution in [0.4, 0.5) is 11.4 Å². The third-order valence-electron chi connectivity index (χ3n) is 2.86. The first-order valence-electron chi connectivity index (χ1n) is 5.60. The molecule has 1 aromatic heterocycles. The molecule has 96 valence electrons. The molecule has 0 saturated heterocycles. The van der Waals surface area contributed by atoms with Gasteiger partial charge in [0.25, 0.3) is 5.91 Å². The highest BCUT2D eigenvalue weighted by Crippen LogP contribution is 2.18. The number of carbonyl (C=O) groups is 1. The molecule has 6 heteroatoms. The summed E-state index contributed by atoms with van der Waals surface area (Å²) in [7, 11) is 3.31. The SMILES string of the molecule is CN(C(=O)c1c(N)cnn1C)c1ccc(C#N)cc1. The van der Waals surface area contributed by atoms with E-state index in [4.69, 9.17) is 11.0 Å². The Balaban J connectivity index is 2.31. The van der Waals surface area contributed by atoms with Crippen molar-refractivity contribution in [2.24, 2.45) is 7.05 Å². The van der Waals surface area contributed by atoms with E-state index in [2.05, 4.69) is 5.10 Å². The van der Waals surface area contributed by atoms with Crippen molar-refractivity contribution in [1.29, 1.82) is 5.26 Å². The normalized spacial score (nSPS) is 9.95. The summed E-state index contributed by atoms with van der Waals surface area (Å²) in [5.41, 5.74) is 7.64. The van der Waals surface area contributed by atoms with Crippen molar-refractivity contribution in [3.63, 3.8) is 0 Å². The maximum Gasteiger partial charge on any atom is 0.278 e. The number of aromatic nitrogens is 2. The number of rotatable bonds is 2.